The van der Waals surface area contributed by atoms with E-state index in [0.29, 0.717) is 13.2 Å². The van der Waals surface area contributed by atoms with Crippen LogP contribution in [-0.2, 0) is 18.9 Å². The molecule has 0 fully saturated rings. The number of halogens is 3. The van der Waals surface area contributed by atoms with Crippen LogP contribution in [0.15, 0.2) is 0 Å². The van der Waals surface area contributed by atoms with Gasteiger partial charge in [0.1, 0.15) is 0 Å². The largest absolute Gasteiger partial charge is 0.522 e. The predicted molar refractivity (Wildman–Crippen MR) is 51.5 cm³/mol. The van der Waals surface area contributed by atoms with E-state index < -0.39 is 13.0 Å². The Morgan fingerprint density at radius 2 is 1.12 bits per heavy atom. The molecule has 0 saturated heterocycles. The summed E-state index contributed by atoms with van der Waals surface area (Å²) in [5.74, 6) is 0. The summed E-state index contributed by atoms with van der Waals surface area (Å²) in [5.41, 5.74) is 0. The van der Waals surface area contributed by atoms with Crippen LogP contribution in [0, 0.1) is 0 Å². The molecule has 0 radical (unpaired) electrons. The quantitative estimate of drug-likeness (QED) is 0.551. The number of aliphatic hydroxyl groups excluding tert-OH is 1. The zero-order chi connectivity index (χ0) is 13.0. The Bertz CT molecular complexity index is 165. The first-order chi connectivity index (χ1) is 8.06. The highest BCUT2D eigenvalue weighted by Crippen LogP contribution is 2.15. The summed E-state index contributed by atoms with van der Waals surface area (Å²) < 4.78 is 52.8. The fraction of sp³-hybridized carbons (Fsp3) is 1.00. The minimum Gasteiger partial charge on any atom is -0.394 e. The fourth-order valence-electron chi connectivity index (χ4n) is 0.823. The number of aliphatic hydroxyl groups is 1. The number of hydrogen-bond donors (Lipinski definition) is 1. The Balaban J connectivity index is 2.99. The molecule has 0 spiro atoms. The average Bonchev–Trinajstić information content (AvgIpc) is 2.24. The third-order valence-corrected chi connectivity index (χ3v) is 1.47. The maximum atomic E-state index is 11.5. The Morgan fingerprint density at radius 1 is 0.706 bits per heavy atom. The highest BCUT2D eigenvalue weighted by molar-refractivity contribution is 4.35. The molecule has 0 amide bonds. The summed E-state index contributed by atoms with van der Waals surface area (Å²) in [6, 6.07) is 0. The molecule has 0 aliphatic heterocycles. The van der Waals surface area contributed by atoms with Crippen LogP contribution < -0.4 is 0 Å². The first-order valence-corrected chi connectivity index (χ1v) is 5.11. The van der Waals surface area contributed by atoms with Gasteiger partial charge in [0.25, 0.3) is 0 Å². The second-order valence-electron chi connectivity index (χ2n) is 2.85. The molecule has 0 aromatic carbocycles. The van der Waals surface area contributed by atoms with Crippen molar-refractivity contribution < 1.29 is 37.2 Å². The van der Waals surface area contributed by atoms with Crippen molar-refractivity contribution in [2.75, 3.05) is 52.9 Å². The molecule has 0 atom stereocenters. The topological polar surface area (TPSA) is 57.2 Å². The summed E-state index contributed by atoms with van der Waals surface area (Å²) in [6.45, 7) is 0.736. The molecular formula is C9H17F3O5. The van der Waals surface area contributed by atoms with E-state index in [2.05, 4.69) is 4.74 Å². The van der Waals surface area contributed by atoms with Crippen LogP contribution in [-0.4, -0.2) is 64.3 Å². The minimum absolute atomic E-state index is 0.0394. The van der Waals surface area contributed by atoms with Crippen molar-refractivity contribution in [1.82, 2.24) is 0 Å². The first-order valence-electron chi connectivity index (χ1n) is 5.11. The Kier molecular flexibility index (Phi) is 10.5. The molecule has 1 N–H and O–H groups in total. The van der Waals surface area contributed by atoms with Gasteiger partial charge in [-0.1, -0.05) is 0 Å². The van der Waals surface area contributed by atoms with Crippen LogP contribution in [0.25, 0.3) is 0 Å². The predicted octanol–water partition coefficient (Wildman–Crippen LogP) is 0.565. The number of rotatable bonds is 11. The van der Waals surface area contributed by atoms with Crippen LogP contribution in [0.3, 0.4) is 0 Å². The van der Waals surface area contributed by atoms with Gasteiger partial charge in [-0.2, -0.15) is 0 Å². The standard InChI is InChI=1S/C9H17F3O5/c10-9(11,12)17-8-7-16-6-5-15-4-3-14-2-1-13/h13H,1-8H2. The lowest BCUT2D eigenvalue weighted by atomic mass is 10.7. The van der Waals surface area contributed by atoms with Crippen molar-refractivity contribution in [2.24, 2.45) is 0 Å². The zero-order valence-electron chi connectivity index (χ0n) is 9.37. The molecule has 0 aliphatic rings. The molecule has 5 nitrogen and oxygen atoms in total. The monoisotopic (exact) mass is 262 g/mol. The van der Waals surface area contributed by atoms with Crippen LogP contribution in [0.1, 0.15) is 0 Å². The molecule has 0 bridgehead atoms. The lowest BCUT2D eigenvalue weighted by molar-refractivity contribution is -0.327. The van der Waals surface area contributed by atoms with E-state index in [1.165, 1.54) is 0 Å². The SMILES string of the molecule is OCCOCCOCCOCCOC(F)(F)F. The Morgan fingerprint density at radius 3 is 1.53 bits per heavy atom. The van der Waals surface area contributed by atoms with Crippen molar-refractivity contribution in [3.8, 4) is 0 Å². The van der Waals surface area contributed by atoms with E-state index in [4.69, 9.17) is 19.3 Å². The van der Waals surface area contributed by atoms with Gasteiger partial charge >= 0.3 is 6.36 Å². The maximum Gasteiger partial charge on any atom is 0.522 e. The van der Waals surface area contributed by atoms with Crippen LogP contribution >= 0.6 is 0 Å². The molecule has 0 unspecified atom stereocenters. The summed E-state index contributed by atoms with van der Waals surface area (Å²) in [4.78, 5) is 0. The summed E-state index contributed by atoms with van der Waals surface area (Å²) in [6.07, 6.45) is -4.61. The fourth-order valence-corrected chi connectivity index (χ4v) is 0.823. The van der Waals surface area contributed by atoms with Gasteiger partial charge in [0.15, 0.2) is 0 Å². The highest BCUT2D eigenvalue weighted by atomic mass is 19.4. The highest BCUT2D eigenvalue weighted by Gasteiger charge is 2.28. The van der Waals surface area contributed by atoms with Crippen molar-refractivity contribution in [2.45, 2.75) is 6.36 Å². The smallest absolute Gasteiger partial charge is 0.394 e. The third kappa shape index (κ3) is 15.6. The lowest BCUT2D eigenvalue weighted by Crippen LogP contribution is -2.18. The molecule has 17 heavy (non-hydrogen) atoms. The third-order valence-electron chi connectivity index (χ3n) is 1.47. The van der Waals surface area contributed by atoms with Gasteiger partial charge in [-0.25, -0.2) is 0 Å². The number of alkyl halides is 3. The summed E-state index contributed by atoms with van der Waals surface area (Å²) in [5, 5.41) is 8.37. The Hall–Kier alpha value is -0.410. The molecule has 0 saturated carbocycles. The van der Waals surface area contributed by atoms with Crippen LogP contribution in [0.2, 0.25) is 0 Å². The van der Waals surface area contributed by atoms with Gasteiger partial charge < -0.3 is 19.3 Å². The van der Waals surface area contributed by atoms with Crippen molar-refractivity contribution in [3.05, 3.63) is 0 Å². The zero-order valence-corrected chi connectivity index (χ0v) is 9.37. The van der Waals surface area contributed by atoms with Crippen molar-refractivity contribution in [1.29, 1.82) is 0 Å². The molecule has 0 aromatic heterocycles. The molecule has 0 rings (SSSR count). The molecule has 0 aliphatic carbocycles. The molecule has 8 heteroatoms. The van der Waals surface area contributed by atoms with Gasteiger partial charge in [0.05, 0.1) is 52.9 Å². The van der Waals surface area contributed by atoms with Crippen molar-refractivity contribution in [3.63, 3.8) is 0 Å². The average molecular weight is 262 g/mol. The lowest BCUT2D eigenvalue weighted by Gasteiger charge is -2.08. The molecule has 104 valence electrons. The van der Waals surface area contributed by atoms with E-state index in [9.17, 15) is 13.2 Å². The summed E-state index contributed by atoms with van der Waals surface area (Å²) in [7, 11) is 0. The van der Waals surface area contributed by atoms with Crippen LogP contribution in [0.5, 0.6) is 0 Å². The molecule has 0 aromatic rings. The second-order valence-corrected chi connectivity index (χ2v) is 2.85. The van der Waals surface area contributed by atoms with Gasteiger partial charge in [-0.3, -0.25) is 4.74 Å². The molecule has 0 heterocycles. The van der Waals surface area contributed by atoms with Crippen LogP contribution in [0.4, 0.5) is 13.2 Å². The van der Waals surface area contributed by atoms with Crippen molar-refractivity contribution >= 4 is 0 Å². The maximum absolute atomic E-state index is 11.5. The van der Waals surface area contributed by atoms with E-state index >= 15 is 0 Å². The van der Waals surface area contributed by atoms with Gasteiger partial charge in [-0.15, -0.1) is 13.2 Å². The van der Waals surface area contributed by atoms with Gasteiger partial charge in [0, 0.05) is 0 Å². The Labute approximate surface area is 97.4 Å². The normalized spacial score (nSPS) is 12.0. The molecular weight excluding hydrogens is 245 g/mol. The van der Waals surface area contributed by atoms with Gasteiger partial charge in [-0.05, 0) is 0 Å². The number of ether oxygens (including phenoxy) is 4. The van der Waals surface area contributed by atoms with E-state index in [1.807, 2.05) is 0 Å². The van der Waals surface area contributed by atoms with E-state index in [0.717, 1.165) is 0 Å². The second kappa shape index (κ2) is 10.7. The van der Waals surface area contributed by atoms with E-state index in [1.54, 1.807) is 0 Å². The number of hydrogen-bond acceptors (Lipinski definition) is 5. The van der Waals surface area contributed by atoms with E-state index in [-0.39, 0.29) is 33.0 Å². The first kappa shape index (κ1) is 16.6. The summed E-state index contributed by atoms with van der Waals surface area (Å²) >= 11 is 0. The minimum atomic E-state index is -4.61. The van der Waals surface area contributed by atoms with Gasteiger partial charge in [0.2, 0.25) is 0 Å².